The molecule has 130 valence electrons. The summed E-state index contributed by atoms with van der Waals surface area (Å²) in [6.45, 7) is 0. The molecule has 7 nitrogen and oxygen atoms in total. The average molecular weight is 368 g/mol. The van der Waals surface area contributed by atoms with E-state index >= 15 is 0 Å². The van der Waals surface area contributed by atoms with E-state index in [0.29, 0.717) is 33.7 Å². The van der Waals surface area contributed by atoms with E-state index < -0.39 is 0 Å². The Morgan fingerprint density at radius 3 is 2.69 bits per heavy atom. The Morgan fingerprint density at radius 2 is 1.96 bits per heavy atom. The third kappa shape index (κ3) is 4.40. The predicted molar refractivity (Wildman–Crippen MR) is 98.6 cm³/mol. The van der Waals surface area contributed by atoms with Gasteiger partial charge in [-0.05, 0) is 30.3 Å². The van der Waals surface area contributed by atoms with Gasteiger partial charge in [-0.3, -0.25) is 9.78 Å². The van der Waals surface area contributed by atoms with Crippen LogP contribution in [0.2, 0.25) is 5.15 Å². The first kappa shape index (κ1) is 17.5. The topological polar surface area (TPSA) is 88.8 Å². The summed E-state index contributed by atoms with van der Waals surface area (Å²) in [6, 6.07) is 13.5. The van der Waals surface area contributed by atoms with Gasteiger partial charge in [-0.1, -0.05) is 17.7 Å². The van der Waals surface area contributed by atoms with Gasteiger partial charge in [0.2, 0.25) is 0 Å². The van der Waals surface area contributed by atoms with Crippen LogP contribution in [-0.4, -0.2) is 23.0 Å². The monoisotopic (exact) mass is 367 g/mol. The number of hydrogen-bond acceptors (Lipinski definition) is 6. The lowest BCUT2D eigenvalue weighted by Crippen LogP contribution is -2.13. The number of amides is 1. The molecule has 1 N–H and O–H groups in total. The summed E-state index contributed by atoms with van der Waals surface area (Å²) in [5.74, 6) is 0.154. The van der Waals surface area contributed by atoms with Crippen LogP contribution in [0.4, 0.5) is 17.1 Å². The van der Waals surface area contributed by atoms with Crippen molar-refractivity contribution in [1.29, 1.82) is 0 Å². The molecule has 3 aromatic rings. The molecular formula is C18H14ClN5O2. The highest BCUT2D eigenvalue weighted by Gasteiger charge is 2.09. The van der Waals surface area contributed by atoms with Crippen molar-refractivity contribution in [3.8, 4) is 5.75 Å². The molecule has 0 aliphatic carbocycles. The first-order valence-corrected chi connectivity index (χ1v) is 7.97. The number of ether oxygens (including phenoxy) is 1. The molecule has 0 radical (unpaired) electrons. The van der Waals surface area contributed by atoms with Gasteiger partial charge in [-0.25, -0.2) is 4.98 Å². The van der Waals surface area contributed by atoms with Crippen molar-refractivity contribution in [3.63, 3.8) is 0 Å². The van der Waals surface area contributed by atoms with Gasteiger partial charge in [0.05, 0.1) is 12.8 Å². The highest BCUT2D eigenvalue weighted by Crippen LogP contribution is 2.32. The van der Waals surface area contributed by atoms with Crippen molar-refractivity contribution in [3.05, 3.63) is 71.8 Å². The summed E-state index contributed by atoms with van der Waals surface area (Å²) in [7, 11) is 1.52. The second-order valence-electron chi connectivity index (χ2n) is 5.09. The molecule has 26 heavy (non-hydrogen) atoms. The minimum absolute atomic E-state index is 0.312. The van der Waals surface area contributed by atoms with Crippen LogP contribution in [0.25, 0.3) is 0 Å². The molecule has 1 amide bonds. The summed E-state index contributed by atoms with van der Waals surface area (Å²) >= 11 is 5.82. The molecule has 0 spiro atoms. The smallest absolute Gasteiger partial charge is 0.274 e. The van der Waals surface area contributed by atoms with Crippen molar-refractivity contribution in [2.45, 2.75) is 0 Å². The van der Waals surface area contributed by atoms with E-state index in [2.05, 4.69) is 25.5 Å². The highest BCUT2D eigenvalue weighted by atomic mass is 35.5. The van der Waals surface area contributed by atoms with Crippen LogP contribution in [0, 0.1) is 0 Å². The Bertz CT molecular complexity index is 947. The molecule has 8 heteroatoms. The molecule has 0 bridgehead atoms. The van der Waals surface area contributed by atoms with Gasteiger partial charge in [-0.15, -0.1) is 5.11 Å². The average Bonchev–Trinajstić information content (AvgIpc) is 2.67. The standard InChI is InChI=1S/C18H14ClN5O2/c1-26-16-10-12(22-18(25)15-4-2-3-8-20-15)5-6-14(16)24-23-13-7-9-21-17(19)11-13/h2-11H,1H3,(H,22,25)/b24-23-. The van der Waals surface area contributed by atoms with Gasteiger partial charge < -0.3 is 10.1 Å². The third-order valence-electron chi connectivity index (χ3n) is 3.32. The number of carbonyl (C=O) groups is 1. The third-order valence-corrected chi connectivity index (χ3v) is 3.53. The Balaban J connectivity index is 1.78. The van der Waals surface area contributed by atoms with Crippen LogP contribution < -0.4 is 10.1 Å². The van der Waals surface area contributed by atoms with Gasteiger partial charge in [0, 0.05) is 30.2 Å². The van der Waals surface area contributed by atoms with Crippen molar-refractivity contribution in [1.82, 2.24) is 9.97 Å². The van der Waals surface area contributed by atoms with Gasteiger partial charge in [-0.2, -0.15) is 5.11 Å². The van der Waals surface area contributed by atoms with Gasteiger partial charge >= 0.3 is 0 Å². The van der Waals surface area contributed by atoms with Gasteiger partial charge in [0.1, 0.15) is 22.3 Å². The summed E-state index contributed by atoms with van der Waals surface area (Å²) < 4.78 is 5.33. The number of hydrogen-bond donors (Lipinski definition) is 1. The SMILES string of the molecule is COc1cc(NC(=O)c2ccccn2)ccc1/N=N\c1ccnc(Cl)c1. The Labute approximate surface area is 154 Å². The van der Waals surface area contributed by atoms with Crippen molar-refractivity contribution in [2.24, 2.45) is 10.2 Å². The molecule has 0 saturated carbocycles. The summed E-state index contributed by atoms with van der Waals surface area (Å²) in [5.41, 5.74) is 1.96. The van der Waals surface area contributed by atoms with Gasteiger partial charge in [0.25, 0.3) is 5.91 Å². The van der Waals surface area contributed by atoms with E-state index in [0.717, 1.165) is 0 Å². The molecule has 1 aromatic carbocycles. The Hall–Kier alpha value is -3.32. The zero-order valence-corrected chi connectivity index (χ0v) is 14.5. The van der Waals surface area contributed by atoms with E-state index in [1.807, 2.05) is 0 Å². The fourth-order valence-corrected chi connectivity index (χ4v) is 2.26. The van der Waals surface area contributed by atoms with E-state index in [4.69, 9.17) is 16.3 Å². The largest absolute Gasteiger partial charge is 0.494 e. The molecule has 2 aromatic heterocycles. The fraction of sp³-hybridized carbons (Fsp3) is 0.0556. The molecular weight excluding hydrogens is 354 g/mol. The number of anilines is 1. The van der Waals surface area contributed by atoms with E-state index in [9.17, 15) is 4.79 Å². The number of benzene rings is 1. The minimum atomic E-state index is -0.312. The van der Waals surface area contributed by atoms with Crippen LogP contribution in [0.1, 0.15) is 10.5 Å². The molecule has 0 unspecified atom stereocenters. The lowest BCUT2D eigenvalue weighted by molar-refractivity contribution is 0.102. The van der Waals surface area contributed by atoms with Gasteiger partial charge in [0.15, 0.2) is 0 Å². The molecule has 0 aliphatic heterocycles. The molecule has 0 atom stereocenters. The maximum absolute atomic E-state index is 12.2. The minimum Gasteiger partial charge on any atom is -0.494 e. The molecule has 0 saturated heterocycles. The Morgan fingerprint density at radius 1 is 1.08 bits per heavy atom. The van der Waals surface area contributed by atoms with Crippen LogP contribution in [-0.2, 0) is 0 Å². The van der Waals surface area contributed by atoms with E-state index in [-0.39, 0.29) is 5.91 Å². The maximum Gasteiger partial charge on any atom is 0.274 e. The van der Waals surface area contributed by atoms with Crippen LogP contribution in [0.5, 0.6) is 5.75 Å². The highest BCUT2D eigenvalue weighted by molar-refractivity contribution is 6.29. The first-order chi connectivity index (χ1) is 12.7. The number of carbonyl (C=O) groups excluding carboxylic acids is 1. The summed E-state index contributed by atoms with van der Waals surface area (Å²) in [4.78, 5) is 20.1. The van der Waals surface area contributed by atoms with Crippen molar-refractivity contribution in [2.75, 3.05) is 12.4 Å². The lowest BCUT2D eigenvalue weighted by Gasteiger charge is -2.08. The quantitative estimate of drug-likeness (QED) is 0.517. The van der Waals surface area contributed by atoms with Crippen LogP contribution in [0.15, 0.2) is 71.2 Å². The van der Waals surface area contributed by atoms with Crippen molar-refractivity contribution < 1.29 is 9.53 Å². The van der Waals surface area contributed by atoms with Crippen molar-refractivity contribution >= 4 is 34.6 Å². The number of aromatic nitrogens is 2. The summed E-state index contributed by atoms with van der Waals surface area (Å²) in [6.07, 6.45) is 3.11. The predicted octanol–water partition coefficient (Wildman–Crippen LogP) is 4.81. The second kappa shape index (κ2) is 8.17. The second-order valence-corrected chi connectivity index (χ2v) is 5.48. The molecule has 3 rings (SSSR count). The molecule has 0 aliphatic rings. The number of methoxy groups -OCH3 is 1. The zero-order valence-electron chi connectivity index (χ0n) is 13.8. The number of azo groups is 1. The number of halogens is 1. The molecule has 2 heterocycles. The van der Waals surface area contributed by atoms with E-state index in [1.54, 1.807) is 60.9 Å². The number of pyridine rings is 2. The first-order valence-electron chi connectivity index (χ1n) is 7.59. The molecule has 0 fully saturated rings. The Kier molecular flexibility index (Phi) is 5.50. The van der Waals surface area contributed by atoms with Crippen LogP contribution in [0.3, 0.4) is 0 Å². The van der Waals surface area contributed by atoms with E-state index in [1.165, 1.54) is 7.11 Å². The normalized spacial score (nSPS) is 10.7. The zero-order chi connectivity index (χ0) is 18.4. The number of nitrogens with zero attached hydrogens (tertiary/aromatic N) is 4. The maximum atomic E-state index is 12.2. The lowest BCUT2D eigenvalue weighted by atomic mass is 10.2. The number of nitrogens with one attached hydrogen (secondary N) is 1. The summed E-state index contributed by atoms with van der Waals surface area (Å²) in [5, 5.41) is 11.4. The fourth-order valence-electron chi connectivity index (χ4n) is 2.10. The number of rotatable bonds is 5. The van der Waals surface area contributed by atoms with Crippen LogP contribution >= 0.6 is 11.6 Å².